The lowest BCUT2D eigenvalue weighted by molar-refractivity contribution is -0.148. The number of benzene rings is 3. The molecule has 2 atom stereocenters. The zero-order valence-corrected chi connectivity index (χ0v) is 17.5. The summed E-state index contributed by atoms with van der Waals surface area (Å²) in [5, 5.41) is 0. The molecule has 0 amide bonds. The van der Waals surface area contributed by atoms with Gasteiger partial charge >= 0.3 is 5.97 Å². The summed E-state index contributed by atoms with van der Waals surface area (Å²) in [6, 6.07) is 26.4. The first-order valence-corrected chi connectivity index (χ1v) is 10.3. The smallest absolute Gasteiger partial charge is 0.310 e. The average molecular weight is 406 g/mol. The Morgan fingerprint density at radius 1 is 0.933 bits per heavy atom. The largest absolute Gasteiger partial charge is 0.466 e. The van der Waals surface area contributed by atoms with Crippen LogP contribution in [0.5, 0.6) is 0 Å². The fourth-order valence-corrected chi connectivity index (χ4v) is 3.68. The second kappa shape index (κ2) is 10.6. The maximum Gasteiger partial charge on any atom is 0.310 e. The third kappa shape index (κ3) is 5.69. The van der Waals surface area contributed by atoms with Gasteiger partial charge in [0.15, 0.2) is 0 Å². The van der Waals surface area contributed by atoms with Crippen LogP contribution in [0.1, 0.15) is 25.0 Å². The van der Waals surface area contributed by atoms with Gasteiger partial charge in [0.05, 0.1) is 12.5 Å². The zero-order chi connectivity index (χ0) is 21.3. The Hall–Kier alpha value is -3.14. The van der Waals surface area contributed by atoms with Gasteiger partial charge in [-0.3, -0.25) is 4.79 Å². The van der Waals surface area contributed by atoms with Crippen LogP contribution in [0.4, 0.5) is 10.1 Å². The molecule has 0 unspecified atom stereocenters. The van der Waals surface area contributed by atoms with Crippen molar-refractivity contribution in [1.29, 1.82) is 0 Å². The van der Waals surface area contributed by atoms with E-state index < -0.39 is 5.92 Å². The molecule has 0 aliphatic carbocycles. The molecule has 3 nitrogen and oxygen atoms in total. The standard InChI is InChI=1S/C26H28FNO2/c1-3-30-26(29)20(2)25(17-21-11-6-4-7-12-21)28(19-22-13-8-5-9-14-22)24-16-10-15-23(27)18-24/h4-16,18,20,25H,3,17,19H2,1-2H3/t20-,25+/m1/s1. The Bertz CT molecular complexity index is 930. The molecule has 3 rings (SSSR count). The maximum atomic E-state index is 14.1. The first kappa shape index (κ1) is 21.6. The van der Waals surface area contributed by atoms with E-state index in [1.165, 1.54) is 12.1 Å². The minimum absolute atomic E-state index is 0.201. The monoisotopic (exact) mass is 405 g/mol. The summed E-state index contributed by atoms with van der Waals surface area (Å²) in [4.78, 5) is 14.8. The predicted molar refractivity (Wildman–Crippen MR) is 119 cm³/mol. The summed E-state index contributed by atoms with van der Waals surface area (Å²) in [5.74, 6) is -0.933. The highest BCUT2D eigenvalue weighted by Gasteiger charge is 2.31. The minimum Gasteiger partial charge on any atom is -0.466 e. The van der Waals surface area contributed by atoms with Crippen LogP contribution in [0.25, 0.3) is 0 Å². The van der Waals surface area contributed by atoms with Gasteiger partial charge in [0.1, 0.15) is 5.82 Å². The van der Waals surface area contributed by atoms with Gasteiger partial charge in [-0.2, -0.15) is 0 Å². The van der Waals surface area contributed by atoms with E-state index >= 15 is 0 Å². The minimum atomic E-state index is -0.392. The topological polar surface area (TPSA) is 29.5 Å². The van der Waals surface area contributed by atoms with E-state index in [9.17, 15) is 9.18 Å². The molecule has 0 spiro atoms. The van der Waals surface area contributed by atoms with E-state index in [4.69, 9.17) is 4.74 Å². The summed E-state index contributed by atoms with van der Waals surface area (Å²) < 4.78 is 19.5. The van der Waals surface area contributed by atoms with Gasteiger partial charge in [0.25, 0.3) is 0 Å². The fraction of sp³-hybridized carbons (Fsp3) is 0.269. The number of rotatable bonds is 9. The van der Waals surface area contributed by atoms with Crippen LogP contribution in [0.2, 0.25) is 0 Å². The maximum absolute atomic E-state index is 14.1. The van der Waals surface area contributed by atoms with Crippen molar-refractivity contribution in [2.45, 2.75) is 32.9 Å². The molecule has 0 fully saturated rings. The number of hydrogen-bond acceptors (Lipinski definition) is 3. The number of carbonyl (C=O) groups is 1. The molecular formula is C26H28FNO2. The lowest BCUT2D eigenvalue weighted by Crippen LogP contribution is -2.44. The van der Waals surface area contributed by atoms with Gasteiger partial charge in [-0.25, -0.2) is 4.39 Å². The first-order chi connectivity index (χ1) is 14.6. The van der Waals surface area contributed by atoms with E-state index in [-0.39, 0.29) is 17.8 Å². The third-order valence-corrected chi connectivity index (χ3v) is 5.26. The van der Waals surface area contributed by atoms with Gasteiger partial charge in [-0.05, 0) is 49.6 Å². The molecule has 0 aliphatic heterocycles. The van der Waals surface area contributed by atoms with Gasteiger partial charge < -0.3 is 9.64 Å². The van der Waals surface area contributed by atoms with Crippen molar-refractivity contribution >= 4 is 11.7 Å². The van der Waals surface area contributed by atoms with E-state index in [1.807, 2.05) is 68.4 Å². The molecule has 0 heterocycles. The van der Waals surface area contributed by atoms with Gasteiger partial charge in [0.2, 0.25) is 0 Å². The summed E-state index contributed by atoms with van der Waals surface area (Å²) in [5.41, 5.74) is 2.96. The number of nitrogens with zero attached hydrogens (tertiary/aromatic N) is 1. The number of halogens is 1. The van der Waals surface area contributed by atoms with E-state index in [2.05, 4.69) is 17.0 Å². The highest BCUT2D eigenvalue weighted by Crippen LogP contribution is 2.27. The molecule has 0 saturated carbocycles. The van der Waals surface area contributed by atoms with Crippen LogP contribution >= 0.6 is 0 Å². The Labute approximate surface area is 178 Å². The van der Waals surface area contributed by atoms with E-state index in [0.717, 1.165) is 16.8 Å². The number of hydrogen-bond donors (Lipinski definition) is 0. The molecule has 0 aliphatic rings. The molecule has 0 saturated heterocycles. The molecule has 3 aromatic carbocycles. The number of anilines is 1. The predicted octanol–water partition coefficient (Wildman–Crippen LogP) is 5.64. The Balaban J connectivity index is 2.02. The molecule has 0 bridgehead atoms. The summed E-state index contributed by atoms with van der Waals surface area (Å²) in [7, 11) is 0. The Kier molecular flexibility index (Phi) is 7.61. The van der Waals surface area contributed by atoms with Crippen LogP contribution in [0.3, 0.4) is 0 Å². The summed E-state index contributed by atoms with van der Waals surface area (Å²) >= 11 is 0. The quantitative estimate of drug-likeness (QED) is 0.431. The first-order valence-electron chi connectivity index (χ1n) is 10.3. The molecule has 156 valence electrons. The molecular weight excluding hydrogens is 377 g/mol. The zero-order valence-electron chi connectivity index (χ0n) is 17.5. The second-order valence-corrected chi connectivity index (χ2v) is 7.39. The second-order valence-electron chi connectivity index (χ2n) is 7.39. The molecule has 30 heavy (non-hydrogen) atoms. The van der Waals surface area contributed by atoms with Crippen molar-refractivity contribution in [1.82, 2.24) is 0 Å². The number of esters is 1. The van der Waals surface area contributed by atoms with E-state index in [1.54, 1.807) is 6.07 Å². The van der Waals surface area contributed by atoms with Gasteiger partial charge in [-0.15, -0.1) is 0 Å². The van der Waals surface area contributed by atoms with Crippen molar-refractivity contribution in [2.24, 2.45) is 5.92 Å². The molecule has 4 heteroatoms. The molecule has 3 aromatic rings. The number of carbonyl (C=O) groups excluding carboxylic acids is 1. The summed E-state index contributed by atoms with van der Waals surface area (Å²) in [6.45, 7) is 4.60. The van der Waals surface area contributed by atoms with Crippen molar-refractivity contribution in [3.8, 4) is 0 Å². The molecule has 0 radical (unpaired) electrons. The van der Waals surface area contributed by atoms with Gasteiger partial charge in [0, 0.05) is 18.3 Å². The highest BCUT2D eigenvalue weighted by atomic mass is 19.1. The van der Waals surface area contributed by atoms with Crippen LogP contribution in [-0.4, -0.2) is 18.6 Å². The van der Waals surface area contributed by atoms with Crippen molar-refractivity contribution in [3.05, 3.63) is 102 Å². The van der Waals surface area contributed by atoms with Crippen molar-refractivity contribution in [3.63, 3.8) is 0 Å². The third-order valence-electron chi connectivity index (χ3n) is 5.26. The van der Waals surface area contributed by atoms with Crippen LogP contribution < -0.4 is 4.90 Å². The summed E-state index contributed by atoms with van der Waals surface area (Å²) in [6.07, 6.45) is 0.643. The Morgan fingerprint density at radius 3 is 2.17 bits per heavy atom. The normalized spacial score (nSPS) is 12.8. The average Bonchev–Trinajstić information content (AvgIpc) is 2.77. The SMILES string of the molecule is CCOC(=O)[C@H](C)[C@H](Cc1ccccc1)N(Cc1ccccc1)c1cccc(F)c1. The van der Waals surface area contributed by atoms with Crippen molar-refractivity contribution in [2.75, 3.05) is 11.5 Å². The fourth-order valence-electron chi connectivity index (χ4n) is 3.68. The van der Waals surface area contributed by atoms with Crippen LogP contribution in [0.15, 0.2) is 84.9 Å². The molecule has 0 N–H and O–H groups in total. The van der Waals surface area contributed by atoms with Crippen LogP contribution in [-0.2, 0) is 22.5 Å². The van der Waals surface area contributed by atoms with E-state index in [0.29, 0.717) is 19.6 Å². The number of ether oxygens (including phenoxy) is 1. The highest BCUT2D eigenvalue weighted by molar-refractivity contribution is 5.74. The van der Waals surface area contributed by atoms with Gasteiger partial charge in [-0.1, -0.05) is 66.7 Å². The van der Waals surface area contributed by atoms with Crippen molar-refractivity contribution < 1.29 is 13.9 Å². The lowest BCUT2D eigenvalue weighted by atomic mass is 9.92. The Morgan fingerprint density at radius 2 is 1.57 bits per heavy atom. The molecule has 0 aromatic heterocycles. The lowest BCUT2D eigenvalue weighted by Gasteiger charge is -2.37. The van der Waals surface area contributed by atoms with Crippen LogP contribution in [0, 0.1) is 11.7 Å².